The van der Waals surface area contributed by atoms with Gasteiger partial charge in [-0.05, 0) is 44.9 Å². The molecule has 6 heteroatoms. The van der Waals surface area contributed by atoms with E-state index < -0.39 is 18.2 Å². The van der Waals surface area contributed by atoms with E-state index in [1.54, 1.807) is 0 Å². The number of amides is 1. The smallest absolute Gasteiger partial charge is 0.306 e. The highest BCUT2D eigenvalue weighted by Gasteiger charge is 2.24. The quantitative estimate of drug-likeness (QED) is 0.0324. The second kappa shape index (κ2) is 45.4. The van der Waals surface area contributed by atoms with Crippen LogP contribution in [-0.2, 0) is 14.3 Å². The number of unbranched alkanes of at least 4 members (excludes halogenated alkanes) is 23. The predicted molar refractivity (Wildman–Crippen MR) is 250 cm³/mol. The zero-order chi connectivity index (χ0) is 42.4. The molecule has 0 fully saturated rings. The first-order valence-electron chi connectivity index (χ1n) is 24.2. The summed E-state index contributed by atoms with van der Waals surface area (Å²) in [7, 11) is 0. The van der Waals surface area contributed by atoms with Crippen molar-refractivity contribution < 1.29 is 24.5 Å². The minimum atomic E-state index is -0.795. The molecule has 0 aromatic rings. The summed E-state index contributed by atoms with van der Waals surface area (Å²) in [5.74, 6) is -0.527. The molecule has 3 unspecified atom stereocenters. The monoisotopic (exact) mass is 810 g/mol. The molecule has 0 spiro atoms. The third-order valence-electron chi connectivity index (χ3n) is 10.7. The van der Waals surface area contributed by atoms with E-state index in [4.69, 9.17) is 4.74 Å². The summed E-state index contributed by atoms with van der Waals surface area (Å²) in [4.78, 5) is 26.0. The summed E-state index contributed by atoms with van der Waals surface area (Å²) in [6.07, 6.45) is 56.7. The van der Waals surface area contributed by atoms with Crippen molar-refractivity contribution in [2.24, 2.45) is 0 Å². The van der Waals surface area contributed by atoms with Crippen molar-refractivity contribution in [1.29, 1.82) is 0 Å². The molecule has 1 amide bonds. The maximum absolute atomic E-state index is 13.1. The molecule has 0 bridgehead atoms. The lowest BCUT2D eigenvalue weighted by Gasteiger charge is -2.24. The second-order valence-electron chi connectivity index (χ2n) is 16.3. The van der Waals surface area contributed by atoms with Crippen molar-refractivity contribution in [2.45, 2.75) is 238 Å². The highest BCUT2D eigenvalue weighted by molar-refractivity contribution is 5.77. The van der Waals surface area contributed by atoms with Crippen LogP contribution in [0, 0.1) is 0 Å². The largest absolute Gasteiger partial charge is 0.462 e. The average Bonchev–Trinajstić information content (AvgIpc) is 3.22. The number of carbonyl (C=O) groups is 2. The third-order valence-corrected chi connectivity index (χ3v) is 10.7. The van der Waals surface area contributed by atoms with E-state index in [1.165, 1.54) is 103 Å². The Kier molecular flexibility index (Phi) is 43.3. The number of aliphatic hydroxyl groups is 2. The van der Waals surface area contributed by atoms with Crippen LogP contribution in [0.2, 0.25) is 0 Å². The molecule has 0 saturated carbocycles. The molecule has 3 N–H and O–H groups in total. The fourth-order valence-corrected chi connectivity index (χ4v) is 7.05. The van der Waals surface area contributed by atoms with E-state index in [0.29, 0.717) is 19.3 Å². The molecule has 0 aliphatic rings. The van der Waals surface area contributed by atoms with Gasteiger partial charge in [0.15, 0.2) is 0 Å². The molecule has 0 aliphatic carbocycles. The Balaban J connectivity index is 4.63. The van der Waals surface area contributed by atoms with Crippen LogP contribution in [0.25, 0.3) is 0 Å². The van der Waals surface area contributed by atoms with Gasteiger partial charge in [0.25, 0.3) is 0 Å². The molecule has 0 aromatic heterocycles. The van der Waals surface area contributed by atoms with Gasteiger partial charge in [-0.15, -0.1) is 0 Å². The van der Waals surface area contributed by atoms with Gasteiger partial charge < -0.3 is 20.3 Å². The Morgan fingerprint density at radius 2 is 0.931 bits per heavy atom. The summed E-state index contributed by atoms with van der Waals surface area (Å²) in [6.45, 7) is 6.31. The van der Waals surface area contributed by atoms with E-state index >= 15 is 0 Å². The van der Waals surface area contributed by atoms with Gasteiger partial charge >= 0.3 is 5.97 Å². The van der Waals surface area contributed by atoms with Gasteiger partial charge in [0.05, 0.1) is 25.2 Å². The SMILES string of the molecule is CC\C=C/C=C/C=C/C=C\C=C\C=C\CCCCCC(=O)OC(CCCCCCCCCCCC)CC(=O)NC(CO)C(O)CCCCCCCCCCCCCC. The minimum Gasteiger partial charge on any atom is -0.462 e. The molecule has 334 valence electrons. The topological polar surface area (TPSA) is 95.9 Å². The van der Waals surface area contributed by atoms with Crippen LogP contribution in [-0.4, -0.2) is 46.9 Å². The Morgan fingerprint density at radius 3 is 1.40 bits per heavy atom. The van der Waals surface area contributed by atoms with Crippen molar-refractivity contribution in [3.63, 3.8) is 0 Å². The molecule has 0 aliphatic heterocycles. The molecule has 0 radical (unpaired) electrons. The first kappa shape index (κ1) is 55.3. The van der Waals surface area contributed by atoms with Crippen molar-refractivity contribution in [1.82, 2.24) is 5.32 Å². The average molecular weight is 810 g/mol. The van der Waals surface area contributed by atoms with Gasteiger partial charge in [-0.3, -0.25) is 9.59 Å². The number of carbonyl (C=O) groups excluding carboxylic acids is 2. The Hall–Kier alpha value is -2.70. The number of hydrogen-bond acceptors (Lipinski definition) is 5. The van der Waals surface area contributed by atoms with Gasteiger partial charge in [-0.2, -0.15) is 0 Å². The Morgan fingerprint density at radius 1 is 0.517 bits per heavy atom. The number of aliphatic hydroxyl groups excluding tert-OH is 2. The van der Waals surface area contributed by atoms with E-state index in [-0.39, 0.29) is 24.9 Å². The number of ether oxygens (including phenoxy) is 1. The Labute approximate surface area is 358 Å². The van der Waals surface area contributed by atoms with Crippen molar-refractivity contribution in [3.8, 4) is 0 Å². The molecule has 0 rings (SSSR count). The van der Waals surface area contributed by atoms with E-state index in [0.717, 1.165) is 70.6 Å². The lowest BCUT2D eigenvalue weighted by Crippen LogP contribution is -2.46. The summed E-state index contributed by atoms with van der Waals surface area (Å²) in [6, 6.07) is -0.711. The Bertz CT molecular complexity index is 1090. The first-order chi connectivity index (χ1) is 28.5. The number of allylic oxidation sites excluding steroid dienone is 12. The van der Waals surface area contributed by atoms with E-state index in [1.807, 2.05) is 54.7 Å². The van der Waals surface area contributed by atoms with Gasteiger partial charge in [-0.1, -0.05) is 235 Å². The number of esters is 1. The molecular formula is C52H91NO5. The van der Waals surface area contributed by atoms with Crippen molar-refractivity contribution >= 4 is 11.9 Å². The second-order valence-corrected chi connectivity index (χ2v) is 16.3. The maximum Gasteiger partial charge on any atom is 0.306 e. The van der Waals surface area contributed by atoms with Gasteiger partial charge in [0.2, 0.25) is 5.91 Å². The van der Waals surface area contributed by atoms with Crippen LogP contribution < -0.4 is 5.32 Å². The molecular weight excluding hydrogens is 719 g/mol. The molecule has 3 atom stereocenters. The molecule has 6 nitrogen and oxygen atoms in total. The first-order valence-corrected chi connectivity index (χ1v) is 24.2. The lowest BCUT2D eigenvalue weighted by molar-refractivity contribution is -0.151. The van der Waals surface area contributed by atoms with Crippen LogP contribution in [0.3, 0.4) is 0 Å². The summed E-state index contributed by atoms with van der Waals surface area (Å²) < 4.78 is 5.89. The molecule has 0 saturated heterocycles. The summed E-state index contributed by atoms with van der Waals surface area (Å²) in [5, 5.41) is 23.7. The number of hydrogen-bond donors (Lipinski definition) is 3. The standard InChI is InChI=1S/C52H91NO5/c1-4-7-10-13-16-19-22-24-25-26-27-28-30-33-36-39-42-45-52(57)58-48(43-40-37-34-31-21-18-15-12-9-6-3)46-51(56)53-49(47-54)50(55)44-41-38-35-32-29-23-20-17-14-11-8-5-2/h7,10,13,16,19,22,24-28,30,48-50,54-55H,4-6,8-9,11-12,14-15,17-18,20-21,23,29,31-47H2,1-3H3,(H,53,56)/b10-7-,16-13+,22-19+,25-24-,27-26+,30-28+. The fraction of sp³-hybridized carbons (Fsp3) is 0.731. The van der Waals surface area contributed by atoms with Gasteiger partial charge in [0.1, 0.15) is 6.10 Å². The number of nitrogens with one attached hydrogen (secondary N) is 1. The molecule has 58 heavy (non-hydrogen) atoms. The summed E-state index contributed by atoms with van der Waals surface area (Å²) in [5.41, 5.74) is 0. The van der Waals surface area contributed by atoms with E-state index in [9.17, 15) is 19.8 Å². The van der Waals surface area contributed by atoms with Gasteiger partial charge in [0, 0.05) is 6.42 Å². The van der Waals surface area contributed by atoms with Crippen LogP contribution in [0.4, 0.5) is 0 Å². The van der Waals surface area contributed by atoms with Gasteiger partial charge in [-0.25, -0.2) is 0 Å². The third kappa shape index (κ3) is 40.1. The highest BCUT2D eigenvalue weighted by Crippen LogP contribution is 2.17. The van der Waals surface area contributed by atoms with E-state index in [2.05, 4.69) is 44.3 Å². The maximum atomic E-state index is 13.1. The van der Waals surface area contributed by atoms with Crippen LogP contribution >= 0.6 is 0 Å². The fourth-order valence-electron chi connectivity index (χ4n) is 7.05. The minimum absolute atomic E-state index is 0.0580. The lowest BCUT2D eigenvalue weighted by atomic mass is 10.0. The van der Waals surface area contributed by atoms with Crippen LogP contribution in [0.15, 0.2) is 72.9 Å². The zero-order valence-corrected chi connectivity index (χ0v) is 37.9. The van der Waals surface area contributed by atoms with Crippen LogP contribution in [0.5, 0.6) is 0 Å². The zero-order valence-electron chi connectivity index (χ0n) is 37.9. The van der Waals surface area contributed by atoms with Crippen molar-refractivity contribution in [2.75, 3.05) is 6.61 Å². The summed E-state index contributed by atoms with van der Waals surface area (Å²) >= 11 is 0. The van der Waals surface area contributed by atoms with Crippen molar-refractivity contribution in [3.05, 3.63) is 72.9 Å². The number of rotatable bonds is 42. The molecule has 0 heterocycles. The normalized spacial score (nSPS) is 13.9. The van der Waals surface area contributed by atoms with Crippen LogP contribution in [0.1, 0.15) is 220 Å². The highest BCUT2D eigenvalue weighted by atomic mass is 16.5. The predicted octanol–water partition coefficient (Wildman–Crippen LogP) is 14.2. The molecule has 0 aromatic carbocycles.